The molecule has 0 aliphatic rings. The zero-order chi connectivity index (χ0) is 13.9. The van der Waals surface area contributed by atoms with Crippen molar-refractivity contribution in [2.75, 3.05) is 0 Å². The first kappa shape index (κ1) is 15.8. The summed E-state index contributed by atoms with van der Waals surface area (Å²) in [5.41, 5.74) is 0.771. The van der Waals surface area contributed by atoms with Crippen molar-refractivity contribution >= 4 is 23.2 Å². The Kier molecular flexibility index (Phi) is 5.47. The average molecular weight is 290 g/mol. The van der Waals surface area contributed by atoms with Crippen LogP contribution in [0.3, 0.4) is 0 Å². The molecule has 0 radical (unpaired) electrons. The molecule has 2 N–H and O–H groups in total. The van der Waals surface area contributed by atoms with Crippen molar-refractivity contribution in [2.45, 2.75) is 51.8 Å². The number of benzene rings is 1. The molecule has 0 aromatic heterocycles. The molecule has 0 saturated heterocycles. The topological polar surface area (TPSA) is 32.3 Å². The fourth-order valence-electron chi connectivity index (χ4n) is 1.78. The van der Waals surface area contributed by atoms with E-state index in [4.69, 9.17) is 23.2 Å². The Morgan fingerprint density at radius 2 is 1.89 bits per heavy atom. The van der Waals surface area contributed by atoms with Crippen molar-refractivity contribution in [1.29, 1.82) is 0 Å². The molecule has 0 aliphatic carbocycles. The highest BCUT2D eigenvalue weighted by Crippen LogP contribution is 2.27. The highest BCUT2D eigenvalue weighted by molar-refractivity contribution is 6.42. The monoisotopic (exact) mass is 289 g/mol. The average Bonchev–Trinajstić information content (AvgIpc) is 2.31. The third kappa shape index (κ3) is 4.13. The Labute approximate surface area is 119 Å². The molecule has 0 spiro atoms. The summed E-state index contributed by atoms with van der Waals surface area (Å²) in [7, 11) is 0. The largest absolute Gasteiger partial charge is 0.387 e. The van der Waals surface area contributed by atoms with Gasteiger partial charge in [-0.05, 0) is 44.9 Å². The van der Waals surface area contributed by atoms with Crippen molar-refractivity contribution in [3.8, 4) is 0 Å². The minimum atomic E-state index is -0.606. The second kappa shape index (κ2) is 6.25. The highest BCUT2D eigenvalue weighted by atomic mass is 35.5. The van der Waals surface area contributed by atoms with Crippen LogP contribution in [0.2, 0.25) is 10.0 Å². The molecule has 1 aromatic rings. The van der Waals surface area contributed by atoms with Crippen LogP contribution in [0.5, 0.6) is 0 Å². The summed E-state index contributed by atoms with van der Waals surface area (Å²) in [6.45, 7) is 8.31. The second-order valence-corrected chi connectivity index (χ2v) is 6.10. The van der Waals surface area contributed by atoms with Gasteiger partial charge in [0.05, 0.1) is 16.1 Å². The van der Waals surface area contributed by atoms with Crippen LogP contribution in [-0.4, -0.2) is 16.7 Å². The number of nitrogens with one attached hydrogen (secondary N) is 1. The maximum absolute atomic E-state index is 10.3. The number of hydrogen-bond acceptors (Lipinski definition) is 2. The summed E-state index contributed by atoms with van der Waals surface area (Å²) >= 11 is 11.8. The summed E-state index contributed by atoms with van der Waals surface area (Å²) in [5.74, 6) is 0. The maximum Gasteiger partial charge on any atom is 0.0940 e. The van der Waals surface area contributed by atoms with Gasteiger partial charge in [-0.25, -0.2) is 0 Å². The van der Waals surface area contributed by atoms with E-state index in [9.17, 15) is 5.11 Å². The van der Waals surface area contributed by atoms with E-state index >= 15 is 0 Å². The summed E-state index contributed by atoms with van der Waals surface area (Å²) in [5, 5.41) is 14.7. The van der Waals surface area contributed by atoms with E-state index in [0.717, 1.165) is 12.0 Å². The minimum Gasteiger partial charge on any atom is -0.387 e. The van der Waals surface area contributed by atoms with Crippen LogP contribution in [0.15, 0.2) is 18.2 Å². The molecule has 4 heteroatoms. The molecule has 18 heavy (non-hydrogen) atoms. The van der Waals surface area contributed by atoms with Crippen LogP contribution in [0, 0.1) is 0 Å². The molecule has 0 amide bonds. The smallest absolute Gasteiger partial charge is 0.0940 e. The van der Waals surface area contributed by atoms with Crippen molar-refractivity contribution in [1.82, 2.24) is 5.32 Å². The highest BCUT2D eigenvalue weighted by Gasteiger charge is 2.23. The maximum atomic E-state index is 10.3. The van der Waals surface area contributed by atoms with E-state index in [1.54, 1.807) is 18.2 Å². The van der Waals surface area contributed by atoms with E-state index in [1.165, 1.54) is 0 Å². The van der Waals surface area contributed by atoms with Crippen molar-refractivity contribution in [3.63, 3.8) is 0 Å². The van der Waals surface area contributed by atoms with Crippen LogP contribution in [0.1, 0.15) is 45.8 Å². The van der Waals surface area contributed by atoms with Gasteiger partial charge in [0, 0.05) is 11.6 Å². The molecule has 2 atom stereocenters. The molecule has 102 valence electrons. The van der Waals surface area contributed by atoms with Gasteiger partial charge in [-0.2, -0.15) is 0 Å². The van der Waals surface area contributed by atoms with Crippen LogP contribution in [-0.2, 0) is 0 Å². The third-order valence-corrected chi connectivity index (χ3v) is 4.00. The quantitative estimate of drug-likeness (QED) is 0.852. The van der Waals surface area contributed by atoms with Gasteiger partial charge >= 0.3 is 0 Å². The molecule has 0 unspecified atom stereocenters. The summed E-state index contributed by atoms with van der Waals surface area (Å²) in [4.78, 5) is 0. The molecule has 0 heterocycles. The SMILES string of the molecule is CCC(C)(C)N[C@@H](C)[C@H](O)c1ccc(Cl)c(Cl)c1. The van der Waals surface area contributed by atoms with E-state index in [0.29, 0.717) is 10.0 Å². The lowest BCUT2D eigenvalue weighted by atomic mass is 9.97. The number of aliphatic hydroxyl groups excluding tert-OH is 1. The first-order valence-corrected chi connectivity index (χ1v) is 6.93. The van der Waals surface area contributed by atoms with E-state index in [2.05, 4.69) is 26.1 Å². The Morgan fingerprint density at radius 1 is 1.28 bits per heavy atom. The molecule has 0 aliphatic heterocycles. The van der Waals surface area contributed by atoms with Gasteiger partial charge in [0.1, 0.15) is 0 Å². The molecular formula is C14H21Cl2NO. The minimum absolute atomic E-state index is 0.00336. The Hall–Kier alpha value is -0.280. The van der Waals surface area contributed by atoms with E-state index in [1.807, 2.05) is 6.92 Å². The van der Waals surface area contributed by atoms with Crippen molar-refractivity contribution in [3.05, 3.63) is 33.8 Å². The number of aliphatic hydroxyl groups is 1. The summed E-state index contributed by atoms with van der Waals surface area (Å²) in [6.07, 6.45) is 0.386. The second-order valence-electron chi connectivity index (χ2n) is 5.29. The number of rotatable bonds is 5. The molecule has 1 aromatic carbocycles. The number of halogens is 2. The lowest BCUT2D eigenvalue weighted by Gasteiger charge is -2.31. The standard InChI is InChI=1S/C14H21Cl2NO/c1-5-14(3,4)17-9(2)13(18)10-6-7-11(15)12(16)8-10/h6-9,13,17-18H,5H2,1-4H3/t9-,13-/m0/s1. The molecule has 0 bridgehead atoms. The van der Waals surface area contributed by atoms with Gasteiger partial charge in [0.2, 0.25) is 0 Å². The van der Waals surface area contributed by atoms with Crippen LogP contribution >= 0.6 is 23.2 Å². The van der Waals surface area contributed by atoms with E-state index in [-0.39, 0.29) is 11.6 Å². The Balaban J connectivity index is 2.80. The lowest BCUT2D eigenvalue weighted by Crippen LogP contribution is -2.46. The fraction of sp³-hybridized carbons (Fsp3) is 0.571. The Morgan fingerprint density at radius 3 is 2.39 bits per heavy atom. The predicted octanol–water partition coefficient (Wildman–Crippen LogP) is 4.19. The molecule has 0 saturated carbocycles. The van der Waals surface area contributed by atoms with Gasteiger partial charge in [0.25, 0.3) is 0 Å². The zero-order valence-corrected chi connectivity index (χ0v) is 12.8. The first-order chi connectivity index (χ1) is 8.26. The number of hydrogen-bond donors (Lipinski definition) is 2. The molecule has 1 rings (SSSR count). The van der Waals surface area contributed by atoms with Crippen molar-refractivity contribution in [2.24, 2.45) is 0 Å². The molecular weight excluding hydrogens is 269 g/mol. The van der Waals surface area contributed by atoms with Gasteiger partial charge < -0.3 is 10.4 Å². The van der Waals surface area contributed by atoms with Gasteiger partial charge in [-0.1, -0.05) is 36.2 Å². The molecule has 2 nitrogen and oxygen atoms in total. The normalized spacial score (nSPS) is 15.5. The van der Waals surface area contributed by atoms with Gasteiger partial charge in [0.15, 0.2) is 0 Å². The van der Waals surface area contributed by atoms with Gasteiger partial charge in [-0.15, -0.1) is 0 Å². The molecule has 0 fully saturated rings. The lowest BCUT2D eigenvalue weighted by molar-refractivity contribution is 0.118. The van der Waals surface area contributed by atoms with Crippen molar-refractivity contribution < 1.29 is 5.11 Å². The van der Waals surface area contributed by atoms with Crippen LogP contribution in [0.4, 0.5) is 0 Å². The van der Waals surface area contributed by atoms with E-state index < -0.39 is 6.10 Å². The third-order valence-electron chi connectivity index (χ3n) is 3.26. The predicted molar refractivity (Wildman–Crippen MR) is 78.4 cm³/mol. The van der Waals surface area contributed by atoms with Gasteiger partial charge in [-0.3, -0.25) is 0 Å². The fourth-order valence-corrected chi connectivity index (χ4v) is 2.09. The zero-order valence-electron chi connectivity index (χ0n) is 11.3. The Bertz CT molecular complexity index is 407. The van der Waals surface area contributed by atoms with Crippen LogP contribution < -0.4 is 5.32 Å². The summed E-state index contributed by atoms with van der Waals surface area (Å²) in [6, 6.07) is 5.17. The van der Waals surface area contributed by atoms with Crippen LogP contribution in [0.25, 0.3) is 0 Å². The summed E-state index contributed by atoms with van der Waals surface area (Å²) < 4.78 is 0. The first-order valence-electron chi connectivity index (χ1n) is 6.17.